The summed E-state index contributed by atoms with van der Waals surface area (Å²) in [4.78, 5) is 18.0. The molecular formula is C10H17N5O4. The fourth-order valence-electron chi connectivity index (χ4n) is 2.10. The highest BCUT2D eigenvalue weighted by Crippen LogP contribution is 2.28. The Morgan fingerprint density at radius 3 is 2.79 bits per heavy atom. The van der Waals surface area contributed by atoms with Gasteiger partial charge in [-0.3, -0.25) is 9.78 Å². The molecule has 1 aromatic heterocycles. The first-order chi connectivity index (χ1) is 8.89. The van der Waals surface area contributed by atoms with Crippen LogP contribution in [0.1, 0.15) is 6.92 Å². The number of rotatable bonds is 3. The Morgan fingerprint density at radius 1 is 1.53 bits per heavy atom. The highest BCUT2D eigenvalue weighted by atomic mass is 16.3. The molecule has 3 atom stereocenters. The second-order valence-electron chi connectivity index (χ2n) is 4.65. The smallest absolute Gasteiger partial charge is 0.277 e. The molecule has 0 amide bonds. The molecule has 0 aromatic carbocycles. The van der Waals surface area contributed by atoms with E-state index in [-0.39, 0.29) is 24.0 Å². The number of aliphatic hydroxyl groups excluding tert-OH is 3. The van der Waals surface area contributed by atoms with E-state index < -0.39 is 29.9 Å². The summed E-state index contributed by atoms with van der Waals surface area (Å²) in [6, 6.07) is 0. The lowest BCUT2D eigenvalue weighted by Gasteiger charge is -2.42. The maximum absolute atomic E-state index is 11.8. The fourth-order valence-corrected chi connectivity index (χ4v) is 2.10. The minimum absolute atomic E-state index is 0.0365. The first-order valence-corrected chi connectivity index (χ1v) is 5.78. The molecule has 0 bridgehead atoms. The van der Waals surface area contributed by atoms with E-state index in [1.807, 2.05) is 0 Å². The Hall–Kier alpha value is -1.84. The lowest BCUT2D eigenvalue weighted by molar-refractivity contribution is -0.0261. The first-order valence-electron chi connectivity index (χ1n) is 5.78. The summed E-state index contributed by atoms with van der Waals surface area (Å²) in [5.41, 5.74) is 3.69. The number of hydrogen-bond acceptors (Lipinski definition) is 8. The van der Waals surface area contributed by atoms with Crippen molar-refractivity contribution in [2.75, 3.05) is 29.5 Å². The van der Waals surface area contributed by atoms with Crippen LogP contribution in [0.2, 0.25) is 0 Å². The molecule has 19 heavy (non-hydrogen) atoms. The number of nitrogens with two attached hydrogens (primary N) is 1. The molecule has 1 aromatic rings. The van der Waals surface area contributed by atoms with Crippen molar-refractivity contribution in [3.63, 3.8) is 0 Å². The highest BCUT2D eigenvalue weighted by molar-refractivity contribution is 5.68. The molecule has 8 N–H and O–H groups in total. The number of fused-ring (bicyclic) bond motifs is 1. The standard InChI is InChI=1S/C10H17N5O4/c1-4(17)6(18)10(3-16)2-12-7-5(15-10)8(19)14-9(11)13-7/h4,6,15-18H,2-3H2,1H3,(H4,11,12,13,14,19)/t4-,6+,10?/m0/s1. The Bertz CT molecular complexity index is 531. The van der Waals surface area contributed by atoms with Gasteiger partial charge in [0.1, 0.15) is 17.3 Å². The number of hydrogen-bond donors (Lipinski definition) is 7. The van der Waals surface area contributed by atoms with Gasteiger partial charge in [-0.05, 0) is 6.92 Å². The van der Waals surface area contributed by atoms with Crippen molar-refractivity contribution in [2.45, 2.75) is 24.7 Å². The van der Waals surface area contributed by atoms with Crippen LogP contribution in [0.15, 0.2) is 4.79 Å². The van der Waals surface area contributed by atoms with Crippen LogP contribution in [-0.2, 0) is 0 Å². The van der Waals surface area contributed by atoms with Crippen molar-refractivity contribution in [3.05, 3.63) is 10.4 Å². The average Bonchev–Trinajstić information content (AvgIpc) is 2.37. The maximum Gasteiger partial charge on any atom is 0.277 e. The Kier molecular flexibility index (Phi) is 3.35. The zero-order valence-electron chi connectivity index (χ0n) is 10.3. The minimum atomic E-state index is -1.27. The molecule has 1 aliphatic rings. The largest absolute Gasteiger partial charge is 0.394 e. The van der Waals surface area contributed by atoms with Gasteiger partial charge in [-0.25, -0.2) is 0 Å². The van der Waals surface area contributed by atoms with Crippen LogP contribution in [0, 0.1) is 0 Å². The van der Waals surface area contributed by atoms with Crippen molar-refractivity contribution < 1.29 is 15.3 Å². The Morgan fingerprint density at radius 2 is 2.21 bits per heavy atom. The summed E-state index contributed by atoms with van der Waals surface area (Å²) in [5.74, 6) is 0.203. The van der Waals surface area contributed by atoms with E-state index in [4.69, 9.17) is 5.73 Å². The fraction of sp³-hybridized carbons (Fsp3) is 0.600. The van der Waals surface area contributed by atoms with Crippen LogP contribution < -0.4 is 21.9 Å². The van der Waals surface area contributed by atoms with Gasteiger partial charge in [0.25, 0.3) is 5.56 Å². The predicted octanol–water partition coefficient (Wildman–Crippen LogP) is -2.34. The minimum Gasteiger partial charge on any atom is -0.394 e. The van der Waals surface area contributed by atoms with Gasteiger partial charge in [-0.2, -0.15) is 4.98 Å². The molecule has 9 nitrogen and oxygen atoms in total. The van der Waals surface area contributed by atoms with Crippen LogP contribution in [0.25, 0.3) is 0 Å². The molecule has 0 saturated heterocycles. The summed E-state index contributed by atoms with van der Waals surface area (Å²) in [7, 11) is 0. The maximum atomic E-state index is 11.8. The molecule has 106 valence electrons. The van der Waals surface area contributed by atoms with Gasteiger partial charge in [-0.15, -0.1) is 0 Å². The van der Waals surface area contributed by atoms with Gasteiger partial charge in [-0.1, -0.05) is 0 Å². The number of H-pyrrole nitrogens is 1. The van der Waals surface area contributed by atoms with Crippen LogP contribution in [0.5, 0.6) is 0 Å². The highest BCUT2D eigenvalue weighted by Gasteiger charge is 2.43. The van der Waals surface area contributed by atoms with E-state index in [1.54, 1.807) is 0 Å². The molecule has 0 aliphatic carbocycles. The molecule has 2 rings (SSSR count). The van der Waals surface area contributed by atoms with Crippen LogP contribution in [0.4, 0.5) is 17.5 Å². The number of aromatic nitrogens is 2. The van der Waals surface area contributed by atoms with Gasteiger partial charge >= 0.3 is 0 Å². The second-order valence-corrected chi connectivity index (χ2v) is 4.65. The number of anilines is 3. The topological polar surface area (TPSA) is 157 Å². The summed E-state index contributed by atoms with van der Waals surface area (Å²) in [6.45, 7) is 0.999. The number of nitrogens with zero attached hydrogens (tertiary/aromatic N) is 1. The predicted molar refractivity (Wildman–Crippen MR) is 68.9 cm³/mol. The SMILES string of the molecule is C[C@H](O)[C@@H](O)C1(CO)CNc2nc(N)[nH]c(=O)c2N1. The van der Waals surface area contributed by atoms with Crippen LogP contribution >= 0.6 is 0 Å². The Balaban J connectivity index is 2.42. The summed E-state index contributed by atoms with van der Waals surface area (Å²) < 4.78 is 0. The summed E-state index contributed by atoms with van der Waals surface area (Å²) in [6.07, 6.45) is -2.35. The lowest BCUT2D eigenvalue weighted by Crippen LogP contribution is -2.63. The van der Waals surface area contributed by atoms with E-state index in [2.05, 4.69) is 20.6 Å². The van der Waals surface area contributed by atoms with Gasteiger partial charge in [0.2, 0.25) is 5.95 Å². The van der Waals surface area contributed by atoms with Gasteiger partial charge < -0.3 is 31.7 Å². The molecule has 0 saturated carbocycles. The molecule has 1 unspecified atom stereocenters. The summed E-state index contributed by atoms with van der Waals surface area (Å²) in [5, 5.41) is 34.6. The van der Waals surface area contributed by atoms with E-state index in [9.17, 15) is 20.1 Å². The number of nitrogen functional groups attached to an aromatic ring is 1. The summed E-state index contributed by atoms with van der Waals surface area (Å²) >= 11 is 0. The van der Waals surface area contributed by atoms with Gasteiger partial charge in [0.05, 0.1) is 12.7 Å². The average molecular weight is 271 g/mol. The number of nitrogens with one attached hydrogen (secondary N) is 3. The van der Waals surface area contributed by atoms with Crippen LogP contribution in [0.3, 0.4) is 0 Å². The van der Waals surface area contributed by atoms with Crippen molar-refractivity contribution >= 4 is 17.5 Å². The molecule has 0 spiro atoms. The zero-order chi connectivity index (χ0) is 14.2. The quantitative estimate of drug-likeness (QED) is 0.322. The second kappa shape index (κ2) is 4.68. The third-order valence-corrected chi connectivity index (χ3v) is 3.19. The van der Waals surface area contributed by atoms with E-state index >= 15 is 0 Å². The molecule has 0 fully saturated rings. The van der Waals surface area contributed by atoms with E-state index in [0.717, 1.165) is 0 Å². The first kappa shape index (κ1) is 13.6. The molecule has 1 aliphatic heterocycles. The van der Waals surface area contributed by atoms with E-state index in [0.29, 0.717) is 0 Å². The van der Waals surface area contributed by atoms with Crippen LogP contribution in [-0.4, -0.2) is 56.2 Å². The normalized spacial score (nSPS) is 24.8. The van der Waals surface area contributed by atoms with Crippen molar-refractivity contribution in [3.8, 4) is 0 Å². The van der Waals surface area contributed by atoms with Gasteiger partial charge in [0.15, 0.2) is 5.82 Å². The third kappa shape index (κ3) is 2.23. The van der Waals surface area contributed by atoms with Gasteiger partial charge in [0, 0.05) is 6.54 Å². The van der Waals surface area contributed by atoms with Crippen molar-refractivity contribution in [1.82, 2.24) is 9.97 Å². The molecule has 2 heterocycles. The number of aliphatic hydroxyl groups is 3. The van der Waals surface area contributed by atoms with Crippen molar-refractivity contribution in [1.29, 1.82) is 0 Å². The van der Waals surface area contributed by atoms with Crippen molar-refractivity contribution in [2.24, 2.45) is 0 Å². The number of aromatic amines is 1. The monoisotopic (exact) mass is 271 g/mol. The lowest BCUT2D eigenvalue weighted by atomic mass is 9.88. The van der Waals surface area contributed by atoms with E-state index in [1.165, 1.54) is 6.92 Å². The molecule has 9 heteroatoms. The molecular weight excluding hydrogens is 254 g/mol. The molecule has 0 radical (unpaired) electrons. The third-order valence-electron chi connectivity index (χ3n) is 3.19. The zero-order valence-corrected chi connectivity index (χ0v) is 10.3. The Labute approximate surface area is 108 Å².